The lowest BCUT2D eigenvalue weighted by atomic mass is 10.1. The molecule has 2 nitrogen and oxygen atoms in total. The van der Waals surface area contributed by atoms with E-state index in [2.05, 4.69) is 24.3 Å². The van der Waals surface area contributed by atoms with Gasteiger partial charge in [0.25, 0.3) is 0 Å². The lowest BCUT2D eigenvalue weighted by molar-refractivity contribution is 0.269. The molecule has 19 heavy (non-hydrogen) atoms. The first-order chi connectivity index (χ1) is 9.38. The van der Waals surface area contributed by atoms with Crippen molar-refractivity contribution in [1.82, 2.24) is 0 Å². The molecule has 96 valence electrons. The van der Waals surface area contributed by atoms with Crippen LogP contribution in [0.1, 0.15) is 29.2 Å². The number of aliphatic imine (C=N–C) groups is 1. The second kappa shape index (κ2) is 5.37. The minimum Gasteiger partial charge on any atom is -0.394 e. The number of hydrogen-bond acceptors (Lipinski definition) is 2. The predicted octanol–water partition coefficient (Wildman–Crippen LogP) is 3.16. The minimum absolute atomic E-state index is 0.0513. The predicted molar refractivity (Wildman–Crippen MR) is 77.6 cm³/mol. The largest absolute Gasteiger partial charge is 0.394 e. The van der Waals surface area contributed by atoms with Crippen molar-refractivity contribution >= 4 is 5.71 Å². The quantitative estimate of drug-likeness (QED) is 0.893. The fraction of sp³-hybridized carbons (Fsp3) is 0.235. The third-order valence-corrected chi connectivity index (χ3v) is 3.63. The van der Waals surface area contributed by atoms with Gasteiger partial charge in [-0.3, -0.25) is 4.99 Å². The number of hydrogen-bond donors (Lipinski definition) is 1. The minimum atomic E-state index is -0.151. The van der Waals surface area contributed by atoms with Gasteiger partial charge < -0.3 is 5.11 Å². The summed E-state index contributed by atoms with van der Waals surface area (Å²) in [6, 6.07) is 18.3. The van der Waals surface area contributed by atoms with E-state index in [9.17, 15) is 5.11 Å². The van der Waals surface area contributed by atoms with Gasteiger partial charge in [-0.25, -0.2) is 0 Å². The standard InChI is InChI=1S/C17H17NO/c19-12-17(14-7-2-1-3-8-14)18-16-11-10-13-6-4-5-9-15(13)16/h1-9,17,19H,10-12H2/t17-/m0/s1. The van der Waals surface area contributed by atoms with Crippen molar-refractivity contribution in [3.8, 4) is 0 Å². The molecule has 0 aromatic heterocycles. The lowest BCUT2D eigenvalue weighted by Gasteiger charge is -2.11. The van der Waals surface area contributed by atoms with Crippen molar-refractivity contribution < 1.29 is 5.11 Å². The second-order valence-electron chi connectivity index (χ2n) is 4.84. The van der Waals surface area contributed by atoms with Crippen molar-refractivity contribution in [2.75, 3.05) is 6.61 Å². The van der Waals surface area contributed by atoms with Crippen LogP contribution in [0.25, 0.3) is 0 Å². The van der Waals surface area contributed by atoms with E-state index in [0.29, 0.717) is 0 Å². The molecule has 0 fully saturated rings. The molecule has 0 heterocycles. The lowest BCUT2D eigenvalue weighted by Crippen LogP contribution is -2.05. The number of aliphatic hydroxyl groups is 1. The second-order valence-corrected chi connectivity index (χ2v) is 4.84. The number of rotatable bonds is 3. The van der Waals surface area contributed by atoms with Crippen LogP contribution in [0.2, 0.25) is 0 Å². The van der Waals surface area contributed by atoms with Crippen LogP contribution in [-0.2, 0) is 6.42 Å². The SMILES string of the molecule is OC[C@H](N=C1CCc2ccccc21)c1ccccc1. The van der Waals surface area contributed by atoms with E-state index in [1.165, 1.54) is 11.1 Å². The van der Waals surface area contributed by atoms with Crippen LogP contribution in [0.5, 0.6) is 0 Å². The smallest absolute Gasteiger partial charge is 0.0983 e. The van der Waals surface area contributed by atoms with Crippen LogP contribution in [0.15, 0.2) is 59.6 Å². The van der Waals surface area contributed by atoms with Crippen molar-refractivity contribution in [2.24, 2.45) is 4.99 Å². The molecule has 2 aromatic rings. The number of benzene rings is 2. The first kappa shape index (κ1) is 12.1. The molecule has 0 radical (unpaired) electrons. The Morgan fingerprint density at radius 1 is 0.947 bits per heavy atom. The molecule has 3 rings (SSSR count). The van der Waals surface area contributed by atoms with Crippen molar-refractivity contribution in [1.29, 1.82) is 0 Å². The Balaban J connectivity index is 1.93. The van der Waals surface area contributed by atoms with Crippen LogP contribution in [0.3, 0.4) is 0 Å². The molecule has 1 atom stereocenters. The van der Waals surface area contributed by atoms with Crippen LogP contribution in [-0.4, -0.2) is 17.4 Å². The molecule has 1 N–H and O–H groups in total. The third kappa shape index (κ3) is 2.45. The van der Waals surface area contributed by atoms with Gasteiger partial charge in [0.2, 0.25) is 0 Å². The summed E-state index contributed by atoms with van der Waals surface area (Å²) in [7, 11) is 0. The number of nitrogens with zero attached hydrogens (tertiary/aromatic N) is 1. The first-order valence-corrected chi connectivity index (χ1v) is 6.69. The van der Waals surface area contributed by atoms with E-state index in [0.717, 1.165) is 24.1 Å². The van der Waals surface area contributed by atoms with E-state index in [4.69, 9.17) is 4.99 Å². The third-order valence-electron chi connectivity index (χ3n) is 3.63. The maximum Gasteiger partial charge on any atom is 0.0983 e. The highest BCUT2D eigenvalue weighted by molar-refractivity contribution is 6.04. The van der Waals surface area contributed by atoms with Crippen LogP contribution in [0.4, 0.5) is 0 Å². The molecule has 2 aromatic carbocycles. The maximum atomic E-state index is 9.58. The fourth-order valence-electron chi connectivity index (χ4n) is 2.63. The van der Waals surface area contributed by atoms with Crippen molar-refractivity contribution in [3.63, 3.8) is 0 Å². The highest BCUT2D eigenvalue weighted by atomic mass is 16.3. The van der Waals surface area contributed by atoms with E-state index in [-0.39, 0.29) is 12.6 Å². The van der Waals surface area contributed by atoms with E-state index in [1.807, 2.05) is 30.3 Å². The zero-order chi connectivity index (χ0) is 13.1. The number of fused-ring (bicyclic) bond motifs is 1. The van der Waals surface area contributed by atoms with E-state index >= 15 is 0 Å². The molecule has 0 unspecified atom stereocenters. The zero-order valence-electron chi connectivity index (χ0n) is 10.8. The van der Waals surface area contributed by atoms with Gasteiger partial charge >= 0.3 is 0 Å². The Morgan fingerprint density at radius 2 is 1.68 bits per heavy atom. The van der Waals surface area contributed by atoms with E-state index < -0.39 is 0 Å². The first-order valence-electron chi connectivity index (χ1n) is 6.69. The summed E-state index contributed by atoms with van der Waals surface area (Å²) in [4.78, 5) is 4.77. The molecule has 0 amide bonds. The monoisotopic (exact) mass is 251 g/mol. The van der Waals surface area contributed by atoms with Gasteiger partial charge in [0, 0.05) is 5.71 Å². The molecule has 1 aliphatic rings. The average Bonchev–Trinajstić information content (AvgIpc) is 2.89. The Hall–Kier alpha value is -1.93. The molecule has 0 aliphatic heterocycles. The average molecular weight is 251 g/mol. The van der Waals surface area contributed by atoms with Gasteiger partial charge in [0.05, 0.1) is 12.6 Å². The van der Waals surface area contributed by atoms with Crippen LogP contribution in [0, 0.1) is 0 Å². The topological polar surface area (TPSA) is 32.6 Å². The van der Waals surface area contributed by atoms with Crippen LogP contribution < -0.4 is 0 Å². The van der Waals surface area contributed by atoms with Gasteiger partial charge in [0.1, 0.15) is 0 Å². The van der Waals surface area contributed by atoms with Crippen molar-refractivity contribution in [3.05, 3.63) is 71.3 Å². The Bertz CT molecular complexity index is 589. The summed E-state index contributed by atoms with van der Waals surface area (Å²) in [5.74, 6) is 0. The Labute approximate surface area is 113 Å². The Morgan fingerprint density at radius 3 is 2.47 bits per heavy atom. The molecule has 1 aliphatic carbocycles. The number of aryl methyl sites for hydroxylation is 1. The molecule has 0 bridgehead atoms. The van der Waals surface area contributed by atoms with Gasteiger partial charge in [0.15, 0.2) is 0 Å². The molecular weight excluding hydrogens is 234 g/mol. The summed E-state index contributed by atoms with van der Waals surface area (Å²) < 4.78 is 0. The summed E-state index contributed by atoms with van der Waals surface area (Å²) in [5, 5.41) is 9.58. The summed E-state index contributed by atoms with van der Waals surface area (Å²) in [6.45, 7) is 0.0513. The zero-order valence-corrected chi connectivity index (χ0v) is 10.8. The summed E-state index contributed by atoms with van der Waals surface area (Å²) >= 11 is 0. The van der Waals surface area contributed by atoms with Crippen LogP contribution >= 0.6 is 0 Å². The van der Waals surface area contributed by atoms with Gasteiger partial charge in [-0.15, -0.1) is 0 Å². The fourth-order valence-corrected chi connectivity index (χ4v) is 2.63. The number of aliphatic hydroxyl groups excluding tert-OH is 1. The normalized spacial score (nSPS) is 17.4. The van der Waals surface area contributed by atoms with Gasteiger partial charge in [-0.05, 0) is 29.5 Å². The molecular formula is C17H17NO. The highest BCUT2D eigenvalue weighted by Gasteiger charge is 2.18. The van der Waals surface area contributed by atoms with E-state index in [1.54, 1.807) is 0 Å². The summed E-state index contributed by atoms with van der Waals surface area (Å²) in [6.07, 6.45) is 2.03. The molecule has 0 saturated carbocycles. The highest BCUT2D eigenvalue weighted by Crippen LogP contribution is 2.25. The molecule has 0 spiro atoms. The maximum absolute atomic E-state index is 9.58. The Kier molecular flexibility index (Phi) is 3.43. The molecule has 0 saturated heterocycles. The van der Waals surface area contributed by atoms with Crippen molar-refractivity contribution in [2.45, 2.75) is 18.9 Å². The molecule has 2 heteroatoms. The summed E-state index contributed by atoms with van der Waals surface area (Å²) in [5.41, 5.74) is 4.81. The van der Waals surface area contributed by atoms with Gasteiger partial charge in [-0.1, -0.05) is 54.6 Å². The van der Waals surface area contributed by atoms with Gasteiger partial charge in [-0.2, -0.15) is 0 Å².